The molecule has 0 radical (unpaired) electrons. The summed E-state index contributed by atoms with van der Waals surface area (Å²) >= 11 is 0. The third-order valence-electron chi connectivity index (χ3n) is 4.27. The molecule has 4 rings (SSSR count). The Morgan fingerprint density at radius 2 is 1.92 bits per heavy atom. The average Bonchev–Trinajstić information content (AvgIpc) is 2.96. The topological polar surface area (TPSA) is 85.4 Å². The van der Waals surface area contributed by atoms with Crippen LogP contribution in [-0.4, -0.2) is 28.3 Å². The van der Waals surface area contributed by atoms with E-state index in [0.717, 1.165) is 10.9 Å². The van der Waals surface area contributed by atoms with Gasteiger partial charge in [0.05, 0.1) is 5.52 Å². The zero-order chi connectivity index (χ0) is 18.1. The molecule has 2 heterocycles. The van der Waals surface area contributed by atoms with Crippen molar-refractivity contribution in [2.75, 3.05) is 6.61 Å². The molecular weight excluding hydrogens is 334 g/mol. The number of benzene rings is 2. The van der Waals surface area contributed by atoms with Crippen LogP contribution in [0.1, 0.15) is 6.92 Å². The van der Waals surface area contributed by atoms with Crippen molar-refractivity contribution >= 4 is 22.5 Å². The number of aryl methyl sites for hydroxylation is 1. The highest BCUT2D eigenvalue weighted by Crippen LogP contribution is 2.38. The number of hydrogen-bond donors (Lipinski definition) is 1. The van der Waals surface area contributed by atoms with Crippen molar-refractivity contribution in [1.29, 1.82) is 0 Å². The minimum atomic E-state index is -0.865. The number of fused-ring (bicyclic) bond motifs is 2. The molecule has 7 nitrogen and oxygen atoms in total. The number of aromatic nitrogens is 1. The molecule has 0 unspecified atom stereocenters. The van der Waals surface area contributed by atoms with E-state index in [4.69, 9.17) is 9.47 Å². The number of ether oxygens (including phenoxy) is 2. The number of carbonyl (C=O) groups excluding carboxylic acids is 1. The normalized spacial score (nSPS) is 16.3. The van der Waals surface area contributed by atoms with Gasteiger partial charge in [-0.05, 0) is 25.1 Å². The summed E-state index contributed by atoms with van der Waals surface area (Å²) in [5, 5.41) is 18.9. The van der Waals surface area contributed by atoms with Crippen molar-refractivity contribution in [2.24, 2.45) is 10.2 Å². The second-order valence-electron chi connectivity index (χ2n) is 5.84. The van der Waals surface area contributed by atoms with E-state index in [1.807, 2.05) is 37.3 Å². The predicted octanol–water partition coefficient (Wildman–Crippen LogP) is 3.82. The van der Waals surface area contributed by atoms with Gasteiger partial charge in [0.2, 0.25) is 12.0 Å². The van der Waals surface area contributed by atoms with Gasteiger partial charge >= 0.3 is 5.91 Å². The molecule has 3 aromatic rings. The standard InChI is InChI=1S/C19H17N3O4/c1-2-22-13-8-4-3-7-12(13)17(19(22)24)20-21-18(23)16-11-25-14-9-5-6-10-15(14)26-16/h3-10,16,24H,2,11H2,1H3/t16-/m1/s1. The fourth-order valence-corrected chi connectivity index (χ4v) is 3.00. The zero-order valence-corrected chi connectivity index (χ0v) is 14.1. The summed E-state index contributed by atoms with van der Waals surface area (Å²) in [6.07, 6.45) is -0.865. The van der Waals surface area contributed by atoms with Gasteiger partial charge in [-0.25, -0.2) is 0 Å². The van der Waals surface area contributed by atoms with Gasteiger partial charge in [0.25, 0.3) is 0 Å². The minimum Gasteiger partial charge on any atom is -0.493 e. The number of hydrogen-bond acceptors (Lipinski definition) is 5. The SMILES string of the molecule is CCn1c(O)c(N=NC(=O)[C@H]2COc3ccccc3O2)c2ccccc21. The molecule has 1 aromatic heterocycles. The van der Waals surface area contributed by atoms with E-state index in [9.17, 15) is 9.90 Å². The smallest absolute Gasteiger partial charge is 0.308 e. The number of nitrogens with zero attached hydrogens (tertiary/aromatic N) is 3. The van der Waals surface area contributed by atoms with Crippen LogP contribution in [0.25, 0.3) is 10.9 Å². The zero-order valence-electron chi connectivity index (χ0n) is 14.1. The number of para-hydroxylation sites is 3. The molecule has 26 heavy (non-hydrogen) atoms. The van der Waals surface area contributed by atoms with E-state index in [1.54, 1.807) is 22.8 Å². The molecular formula is C19H17N3O4. The third-order valence-corrected chi connectivity index (χ3v) is 4.27. The molecule has 0 bridgehead atoms. The summed E-state index contributed by atoms with van der Waals surface area (Å²) < 4.78 is 12.9. The van der Waals surface area contributed by atoms with Crippen LogP contribution in [0.3, 0.4) is 0 Å². The molecule has 1 aliphatic rings. The summed E-state index contributed by atoms with van der Waals surface area (Å²) in [6.45, 7) is 2.56. The highest BCUT2D eigenvalue weighted by atomic mass is 16.6. The van der Waals surface area contributed by atoms with Crippen LogP contribution in [0.15, 0.2) is 58.8 Å². The Balaban J connectivity index is 1.60. The van der Waals surface area contributed by atoms with E-state index >= 15 is 0 Å². The van der Waals surface area contributed by atoms with Gasteiger partial charge in [-0.2, -0.15) is 0 Å². The monoisotopic (exact) mass is 351 g/mol. The molecule has 0 spiro atoms. The summed E-state index contributed by atoms with van der Waals surface area (Å²) in [5.74, 6) is 0.513. The van der Waals surface area contributed by atoms with Crippen molar-refractivity contribution in [3.8, 4) is 17.4 Å². The lowest BCUT2D eigenvalue weighted by Gasteiger charge is -2.23. The van der Waals surface area contributed by atoms with Crippen LogP contribution in [0, 0.1) is 0 Å². The number of carbonyl (C=O) groups is 1. The van der Waals surface area contributed by atoms with Crippen LogP contribution in [0.4, 0.5) is 5.69 Å². The average molecular weight is 351 g/mol. The summed E-state index contributed by atoms with van der Waals surface area (Å²) in [5.41, 5.74) is 1.10. The maximum Gasteiger partial charge on any atom is 0.308 e. The number of azo groups is 1. The molecule has 1 atom stereocenters. The van der Waals surface area contributed by atoms with E-state index in [2.05, 4.69) is 10.2 Å². The second-order valence-corrected chi connectivity index (χ2v) is 5.84. The van der Waals surface area contributed by atoms with Crippen molar-refractivity contribution in [1.82, 2.24) is 4.57 Å². The Bertz CT molecular complexity index is 1010. The molecule has 0 fully saturated rings. The summed E-state index contributed by atoms with van der Waals surface area (Å²) in [6, 6.07) is 14.6. The van der Waals surface area contributed by atoms with E-state index in [-0.39, 0.29) is 18.2 Å². The van der Waals surface area contributed by atoms with Crippen molar-refractivity contribution in [3.63, 3.8) is 0 Å². The minimum absolute atomic E-state index is 0.0172. The Kier molecular flexibility index (Phi) is 4.04. The Morgan fingerprint density at radius 1 is 1.19 bits per heavy atom. The second kappa shape index (κ2) is 6.51. The molecule has 0 aliphatic carbocycles. The van der Waals surface area contributed by atoms with Crippen LogP contribution < -0.4 is 9.47 Å². The Hall–Kier alpha value is -3.35. The highest BCUT2D eigenvalue weighted by Gasteiger charge is 2.27. The van der Waals surface area contributed by atoms with Gasteiger partial charge < -0.3 is 19.1 Å². The fourth-order valence-electron chi connectivity index (χ4n) is 3.00. The Morgan fingerprint density at radius 3 is 2.73 bits per heavy atom. The van der Waals surface area contributed by atoms with Gasteiger partial charge in [0, 0.05) is 11.9 Å². The van der Waals surface area contributed by atoms with Crippen molar-refractivity contribution in [3.05, 3.63) is 48.5 Å². The van der Waals surface area contributed by atoms with Crippen molar-refractivity contribution in [2.45, 2.75) is 19.6 Å². The molecule has 2 aromatic carbocycles. The third kappa shape index (κ3) is 2.67. The van der Waals surface area contributed by atoms with E-state index in [0.29, 0.717) is 18.0 Å². The summed E-state index contributed by atoms with van der Waals surface area (Å²) in [7, 11) is 0. The lowest BCUT2D eigenvalue weighted by atomic mass is 10.2. The fraction of sp³-hybridized carbons (Fsp3) is 0.211. The first-order chi connectivity index (χ1) is 12.7. The molecule has 0 saturated carbocycles. The lowest BCUT2D eigenvalue weighted by molar-refractivity contribution is -0.127. The predicted molar refractivity (Wildman–Crippen MR) is 95.2 cm³/mol. The molecule has 7 heteroatoms. The first-order valence-electron chi connectivity index (χ1n) is 8.33. The van der Waals surface area contributed by atoms with Crippen molar-refractivity contribution < 1.29 is 19.4 Å². The van der Waals surface area contributed by atoms with Gasteiger partial charge in [0.1, 0.15) is 6.61 Å². The Labute approximate surface area is 149 Å². The molecule has 1 amide bonds. The van der Waals surface area contributed by atoms with Crippen LogP contribution >= 0.6 is 0 Å². The highest BCUT2D eigenvalue weighted by molar-refractivity contribution is 5.95. The maximum absolute atomic E-state index is 12.4. The largest absolute Gasteiger partial charge is 0.493 e. The van der Waals surface area contributed by atoms with Crippen LogP contribution in [0.5, 0.6) is 17.4 Å². The number of rotatable bonds is 3. The van der Waals surface area contributed by atoms with E-state index < -0.39 is 12.0 Å². The van der Waals surface area contributed by atoms with Gasteiger partial charge in [-0.3, -0.25) is 4.79 Å². The van der Waals surface area contributed by atoms with Crippen LogP contribution in [0.2, 0.25) is 0 Å². The molecule has 1 N–H and O–H groups in total. The van der Waals surface area contributed by atoms with Gasteiger partial charge in [0.15, 0.2) is 17.2 Å². The van der Waals surface area contributed by atoms with Gasteiger partial charge in [-0.15, -0.1) is 10.2 Å². The lowest BCUT2D eigenvalue weighted by Crippen LogP contribution is -2.35. The summed E-state index contributed by atoms with van der Waals surface area (Å²) in [4.78, 5) is 12.4. The van der Waals surface area contributed by atoms with E-state index in [1.165, 1.54) is 0 Å². The maximum atomic E-state index is 12.4. The number of aromatic hydroxyl groups is 1. The quantitative estimate of drug-likeness (QED) is 0.727. The van der Waals surface area contributed by atoms with Gasteiger partial charge in [-0.1, -0.05) is 30.3 Å². The molecule has 1 aliphatic heterocycles. The number of amides is 1. The molecule has 132 valence electrons. The first-order valence-corrected chi connectivity index (χ1v) is 8.33. The van der Waals surface area contributed by atoms with Crippen LogP contribution in [-0.2, 0) is 11.3 Å². The molecule has 0 saturated heterocycles. The first kappa shape index (κ1) is 16.1.